The number of amides is 1. The quantitative estimate of drug-likeness (QED) is 0.398. The van der Waals surface area contributed by atoms with Gasteiger partial charge in [-0.05, 0) is 62.3 Å². The molecule has 0 unspecified atom stereocenters. The Hall–Kier alpha value is -3.69. The number of benzene rings is 2. The summed E-state index contributed by atoms with van der Waals surface area (Å²) in [6.45, 7) is 1.86. The van der Waals surface area contributed by atoms with Gasteiger partial charge in [-0.15, -0.1) is 0 Å². The zero-order valence-electron chi connectivity index (χ0n) is 18.6. The Morgan fingerprint density at radius 3 is 2.68 bits per heavy atom. The van der Waals surface area contributed by atoms with Gasteiger partial charge in [-0.2, -0.15) is 5.10 Å². The summed E-state index contributed by atoms with van der Waals surface area (Å²) < 4.78 is 7.55. The second-order valence-corrected chi connectivity index (χ2v) is 8.54. The van der Waals surface area contributed by atoms with Crippen LogP contribution in [0.1, 0.15) is 29.2 Å². The molecule has 2 aromatic carbocycles. The number of anilines is 2. The van der Waals surface area contributed by atoms with Crippen molar-refractivity contribution >= 4 is 40.0 Å². The van der Waals surface area contributed by atoms with Gasteiger partial charge >= 0.3 is 0 Å². The van der Waals surface area contributed by atoms with E-state index in [0.29, 0.717) is 44.6 Å². The minimum absolute atomic E-state index is 0.228. The van der Waals surface area contributed by atoms with Gasteiger partial charge in [0.15, 0.2) is 5.65 Å². The summed E-state index contributed by atoms with van der Waals surface area (Å²) in [4.78, 5) is 21.4. The minimum Gasteiger partial charge on any atom is -0.495 e. The van der Waals surface area contributed by atoms with Gasteiger partial charge in [0.25, 0.3) is 5.91 Å². The van der Waals surface area contributed by atoms with E-state index in [4.69, 9.17) is 27.2 Å². The van der Waals surface area contributed by atoms with Crippen LogP contribution in [-0.2, 0) is 0 Å². The Labute approximate surface area is 201 Å². The number of methoxy groups -OCH3 is 1. The van der Waals surface area contributed by atoms with Crippen molar-refractivity contribution in [3.05, 3.63) is 59.4 Å². The third-order valence-electron chi connectivity index (χ3n) is 6.00. The Kier molecular flexibility index (Phi) is 6.04. The van der Waals surface area contributed by atoms with E-state index in [1.807, 2.05) is 16.8 Å². The van der Waals surface area contributed by atoms with Gasteiger partial charge in [-0.1, -0.05) is 17.7 Å². The number of aromatic nitrogens is 4. The highest BCUT2D eigenvalue weighted by atomic mass is 35.5. The summed E-state index contributed by atoms with van der Waals surface area (Å²) >= 11 is 5.92. The Bertz CT molecular complexity index is 1350. The molecule has 1 amide bonds. The Balaban J connectivity index is 1.52. The lowest BCUT2D eigenvalue weighted by atomic mass is 10.1. The molecule has 4 N–H and O–H groups in total. The highest BCUT2D eigenvalue weighted by Gasteiger charge is 2.24. The molecule has 0 bridgehead atoms. The number of nitrogens with one attached hydrogen (secondary N) is 2. The molecule has 1 fully saturated rings. The summed E-state index contributed by atoms with van der Waals surface area (Å²) in [6, 6.07) is 12.4. The molecule has 34 heavy (non-hydrogen) atoms. The number of fused-ring (bicyclic) bond motifs is 1. The zero-order chi connectivity index (χ0) is 23.7. The lowest BCUT2D eigenvalue weighted by molar-refractivity contribution is 0.102. The molecular formula is C24H24ClN7O2. The fourth-order valence-electron chi connectivity index (χ4n) is 4.24. The monoisotopic (exact) mass is 477 g/mol. The molecular weight excluding hydrogens is 454 g/mol. The molecule has 0 atom stereocenters. The number of rotatable bonds is 5. The molecule has 1 aliphatic rings. The van der Waals surface area contributed by atoms with E-state index >= 15 is 0 Å². The van der Waals surface area contributed by atoms with E-state index in [9.17, 15) is 4.79 Å². The minimum atomic E-state index is -0.263. The van der Waals surface area contributed by atoms with Gasteiger partial charge in [-0.25, -0.2) is 14.6 Å². The number of nitrogens with two attached hydrogens (primary N) is 1. The first-order valence-electron chi connectivity index (χ1n) is 11.0. The SMILES string of the molecule is COc1cc(-c2nn(C3CCNCC3)c3ncnc(N)c23)ccc1NC(=O)c1ccc(Cl)cc1. The number of carbonyl (C=O) groups is 1. The van der Waals surface area contributed by atoms with E-state index < -0.39 is 0 Å². The summed E-state index contributed by atoms with van der Waals surface area (Å²) in [5, 5.41) is 12.5. The van der Waals surface area contributed by atoms with Crippen LogP contribution >= 0.6 is 11.6 Å². The maximum Gasteiger partial charge on any atom is 0.255 e. The molecule has 10 heteroatoms. The van der Waals surface area contributed by atoms with Gasteiger partial charge in [-0.3, -0.25) is 4.79 Å². The van der Waals surface area contributed by atoms with Crippen LogP contribution < -0.4 is 21.1 Å². The molecule has 4 aromatic rings. The third-order valence-corrected chi connectivity index (χ3v) is 6.25. The lowest BCUT2D eigenvalue weighted by Crippen LogP contribution is -2.30. The first kappa shape index (κ1) is 22.1. The van der Waals surface area contributed by atoms with E-state index in [-0.39, 0.29) is 11.9 Å². The Morgan fingerprint density at radius 1 is 1.18 bits per heavy atom. The Morgan fingerprint density at radius 2 is 1.94 bits per heavy atom. The van der Waals surface area contributed by atoms with Crippen LogP contribution in [0.4, 0.5) is 11.5 Å². The topological polar surface area (TPSA) is 120 Å². The van der Waals surface area contributed by atoms with Gasteiger partial charge < -0.3 is 21.1 Å². The van der Waals surface area contributed by atoms with E-state index in [1.54, 1.807) is 37.4 Å². The fraction of sp³-hybridized carbons (Fsp3) is 0.250. The first-order chi connectivity index (χ1) is 16.5. The third kappa shape index (κ3) is 4.15. The number of hydrogen-bond donors (Lipinski definition) is 3. The molecule has 2 aromatic heterocycles. The summed E-state index contributed by atoms with van der Waals surface area (Å²) in [6.07, 6.45) is 3.38. The number of nitrogens with zero attached hydrogens (tertiary/aromatic N) is 4. The number of ether oxygens (including phenoxy) is 1. The van der Waals surface area contributed by atoms with Crippen molar-refractivity contribution in [2.24, 2.45) is 0 Å². The first-order valence-corrected chi connectivity index (χ1v) is 11.4. The van der Waals surface area contributed by atoms with Crippen LogP contribution in [0.3, 0.4) is 0 Å². The number of hydrogen-bond acceptors (Lipinski definition) is 7. The fourth-order valence-corrected chi connectivity index (χ4v) is 4.37. The van der Waals surface area contributed by atoms with E-state index in [1.165, 1.54) is 6.33 Å². The van der Waals surface area contributed by atoms with E-state index in [2.05, 4.69) is 20.6 Å². The standard InChI is InChI=1S/C24H24ClN7O2/c1-34-19-12-15(4-7-18(19)30-24(33)14-2-5-16(25)6-3-14)21-20-22(26)28-13-29-23(20)32(31-21)17-8-10-27-11-9-17/h2-7,12-13,17,27H,8-11H2,1H3,(H,30,33)(H2,26,28,29). The van der Waals surface area contributed by atoms with Crippen LogP contribution in [-0.4, -0.2) is 45.9 Å². The van der Waals surface area contributed by atoms with Crippen LogP contribution in [0.5, 0.6) is 5.75 Å². The molecule has 174 valence electrons. The van der Waals surface area contributed by atoms with Gasteiger partial charge in [0.2, 0.25) is 0 Å². The highest BCUT2D eigenvalue weighted by molar-refractivity contribution is 6.30. The molecule has 1 aliphatic heterocycles. The van der Waals surface area contributed by atoms with E-state index in [0.717, 1.165) is 31.5 Å². The molecule has 0 radical (unpaired) electrons. The van der Waals surface area contributed by atoms with Gasteiger partial charge in [0.05, 0.1) is 24.2 Å². The average Bonchev–Trinajstić information content (AvgIpc) is 3.26. The van der Waals surface area contributed by atoms with Gasteiger partial charge in [0.1, 0.15) is 23.6 Å². The number of carbonyl (C=O) groups excluding carboxylic acids is 1. The molecule has 0 spiro atoms. The second kappa shape index (κ2) is 9.28. The maximum absolute atomic E-state index is 12.7. The lowest BCUT2D eigenvalue weighted by Gasteiger charge is -2.23. The summed E-state index contributed by atoms with van der Waals surface area (Å²) in [7, 11) is 1.56. The molecule has 0 aliphatic carbocycles. The molecule has 9 nitrogen and oxygen atoms in total. The number of piperidine rings is 1. The molecule has 0 saturated carbocycles. The average molecular weight is 478 g/mol. The van der Waals surface area contributed by atoms with Crippen LogP contribution in [0.15, 0.2) is 48.8 Å². The summed E-state index contributed by atoms with van der Waals surface area (Å²) in [5.74, 6) is 0.611. The van der Waals surface area contributed by atoms with Crippen molar-refractivity contribution in [3.8, 4) is 17.0 Å². The van der Waals surface area contributed by atoms with Gasteiger partial charge in [0, 0.05) is 16.1 Å². The van der Waals surface area contributed by atoms with Crippen molar-refractivity contribution in [3.63, 3.8) is 0 Å². The van der Waals surface area contributed by atoms with Crippen molar-refractivity contribution in [2.75, 3.05) is 31.2 Å². The van der Waals surface area contributed by atoms with Crippen LogP contribution in [0, 0.1) is 0 Å². The second-order valence-electron chi connectivity index (χ2n) is 8.11. The largest absolute Gasteiger partial charge is 0.495 e. The maximum atomic E-state index is 12.7. The van der Waals surface area contributed by atoms with Crippen LogP contribution in [0.2, 0.25) is 5.02 Å². The zero-order valence-corrected chi connectivity index (χ0v) is 19.3. The molecule has 5 rings (SSSR count). The number of halogens is 1. The highest BCUT2D eigenvalue weighted by Crippen LogP contribution is 2.37. The predicted octanol–water partition coefficient (Wildman–Crippen LogP) is 3.91. The van der Waals surface area contributed by atoms with Crippen molar-refractivity contribution < 1.29 is 9.53 Å². The van der Waals surface area contributed by atoms with Crippen molar-refractivity contribution in [1.82, 2.24) is 25.1 Å². The summed E-state index contributed by atoms with van der Waals surface area (Å²) in [5.41, 5.74) is 9.49. The molecule has 1 saturated heterocycles. The predicted molar refractivity (Wildman–Crippen MR) is 132 cm³/mol. The van der Waals surface area contributed by atoms with Crippen molar-refractivity contribution in [2.45, 2.75) is 18.9 Å². The smallest absolute Gasteiger partial charge is 0.255 e. The molecule has 3 heterocycles. The normalized spacial score (nSPS) is 14.3. The van der Waals surface area contributed by atoms with Crippen LogP contribution in [0.25, 0.3) is 22.3 Å². The van der Waals surface area contributed by atoms with Crippen molar-refractivity contribution in [1.29, 1.82) is 0 Å². The number of nitrogen functional groups attached to an aromatic ring is 1.